The van der Waals surface area contributed by atoms with Gasteiger partial charge in [0.2, 0.25) is 0 Å². The highest BCUT2D eigenvalue weighted by Gasteiger charge is 2.41. The van der Waals surface area contributed by atoms with Crippen LogP contribution in [0.25, 0.3) is 0 Å². The highest BCUT2D eigenvalue weighted by molar-refractivity contribution is 7.98. The molecule has 0 aromatic carbocycles. The molecule has 0 N–H and O–H groups in total. The Kier molecular flexibility index (Phi) is 2.64. The molecule has 1 rings (SSSR count). The maximum Gasteiger partial charge on any atom is 0.00398 e. The molecule has 0 bridgehead atoms. The van der Waals surface area contributed by atoms with Crippen LogP contribution >= 0.6 is 11.8 Å². The third-order valence-corrected chi connectivity index (χ3v) is 2.96. The standard InChI is InChI=1S/C8H17NS/c1-9(2)6-8(4-5-8)7-10-3/h4-7H2,1-3H3. The van der Waals surface area contributed by atoms with Crippen molar-refractivity contribution in [2.75, 3.05) is 32.6 Å². The lowest BCUT2D eigenvalue weighted by molar-refractivity contribution is 0.330. The molecule has 0 radical (unpaired) electrons. The van der Waals surface area contributed by atoms with Crippen LogP contribution in [-0.4, -0.2) is 37.5 Å². The first-order valence-electron chi connectivity index (χ1n) is 3.82. The lowest BCUT2D eigenvalue weighted by Crippen LogP contribution is -2.24. The van der Waals surface area contributed by atoms with Crippen LogP contribution in [0.2, 0.25) is 0 Å². The van der Waals surface area contributed by atoms with Gasteiger partial charge in [-0.15, -0.1) is 0 Å². The average Bonchev–Trinajstić information content (AvgIpc) is 2.47. The Morgan fingerprint density at radius 3 is 2.30 bits per heavy atom. The third-order valence-electron chi connectivity index (χ3n) is 2.06. The van der Waals surface area contributed by atoms with E-state index in [4.69, 9.17) is 0 Å². The van der Waals surface area contributed by atoms with Crippen molar-refractivity contribution in [2.45, 2.75) is 12.8 Å². The maximum absolute atomic E-state index is 2.31. The molecule has 0 unspecified atom stereocenters. The predicted octanol–water partition coefficient (Wildman–Crippen LogP) is 1.69. The minimum atomic E-state index is 0.711. The second-order valence-electron chi connectivity index (χ2n) is 3.67. The van der Waals surface area contributed by atoms with Crippen LogP contribution in [0, 0.1) is 5.41 Å². The average molecular weight is 159 g/mol. The first kappa shape index (κ1) is 8.41. The smallest absolute Gasteiger partial charge is 0.00398 e. The molecule has 0 aromatic rings. The molecule has 0 aliphatic heterocycles. The van der Waals surface area contributed by atoms with Crippen molar-refractivity contribution < 1.29 is 0 Å². The summed E-state index contributed by atoms with van der Waals surface area (Å²) in [5.74, 6) is 1.35. The highest BCUT2D eigenvalue weighted by atomic mass is 32.2. The van der Waals surface area contributed by atoms with Crippen molar-refractivity contribution in [2.24, 2.45) is 5.41 Å². The van der Waals surface area contributed by atoms with Crippen LogP contribution in [-0.2, 0) is 0 Å². The van der Waals surface area contributed by atoms with Gasteiger partial charge in [-0.05, 0) is 44.4 Å². The lowest BCUT2D eigenvalue weighted by atomic mass is 10.1. The van der Waals surface area contributed by atoms with Crippen LogP contribution in [0.1, 0.15) is 12.8 Å². The third kappa shape index (κ3) is 2.17. The fraction of sp³-hybridized carbons (Fsp3) is 1.00. The molecule has 60 valence electrons. The number of nitrogens with zero attached hydrogens (tertiary/aromatic N) is 1. The molecule has 0 saturated heterocycles. The molecule has 0 amide bonds. The summed E-state index contributed by atoms with van der Waals surface area (Å²) >= 11 is 1.99. The molecule has 0 atom stereocenters. The van der Waals surface area contributed by atoms with E-state index in [1.54, 1.807) is 0 Å². The zero-order valence-corrected chi connectivity index (χ0v) is 8.00. The fourth-order valence-electron chi connectivity index (χ4n) is 1.50. The molecule has 1 nitrogen and oxygen atoms in total. The van der Waals surface area contributed by atoms with E-state index >= 15 is 0 Å². The van der Waals surface area contributed by atoms with Gasteiger partial charge in [-0.2, -0.15) is 11.8 Å². The van der Waals surface area contributed by atoms with Crippen LogP contribution in [0.5, 0.6) is 0 Å². The summed E-state index contributed by atoms with van der Waals surface area (Å²) in [4.78, 5) is 2.31. The van der Waals surface area contributed by atoms with E-state index in [0.717, 1.165) is 0 Å². The van der Waals surface area contributed by atoms with Gasteiger partial charge in [-0.1, -0.05) is 0 Å². The van der Waals surface area contributed by atoms with Crippen molar-refractivity contribution in [3.05, 3.63) is 0 Å². The van der Waals surface area contributed by atoms with Gasteiger partial charge in [0, 0.05) is 6.54 Å². The molecule has 1 saturated carbocycles. The van der Waals surface area contributed by atoms with E-state index in [1.165, 1.54) is 25.1 Å². The summed E-state index contributed by atoms with van der Waals surface area (Å²) in [6.07, 6.45) is 5.10. The molecule has 1 aliphatic carbocycles. The molecule has 10 heavy (non-hydrogen) atoms. The number of rotatable bonds is 4. The van der Waals surface area contributed by atoms with Crippen LogP contribution in [0.15, 0.2) is 0 Å². The molecule has 0 heterocycles. The Morgan fingerprint density at radius 1 is 1.40 bits per heavy atom. The Bertz CT molecular complexity index is 108. The molecular formula is C8H17NS. The monoisotopic (exact) mass is 159 g/mol. The van der Waals surface area contributed by atoms with E-state index in [1.807, 2.05) is 11.8 Å². The summed E-state index contributed by atoms with van der Waals surface area (Å²) in [6, 6.07) is 0. The SMILES string of the molecule is CSCC1(CN(C)C)CC1. The first-order valence-corrected chi connectivity index (χ1v) is 5.22. The fourth-order valence-corrected chi connectivity index (χ4v) is 2.49. The quantitative estimate of drug-likeness (QED) is 0.614. The van der Waals surface area contributed by atoms with Gasteiger partial charge in [0.05, 0.1) is 0 Å². The Morgan fingerprint density at radius 2 is 2.00 bits per heavy atom. The second-order valence-corrected chi connectivity index (χ2v) is 4.54. The van der Waals surface area contributed by atoms with Gasteiger partial charge in [0.25, 0.3) is 0 Å². The zero-order chi connectivity index (χ0) is 7.61. The van der Waals surface area contributed by atoms with Crippen molar-refractivity contribution in [1.82, 2.24) is 4.90 Å². The summed E-state index contributed by atoms with van der Waals surface area (Å²) in [5.41, 5.74) is 0.711. The minimum absolute atomic E-state index is 0.711. The molecule has 0 aromatic heterocycles. The normalized spacial score (nSPS) is 21.6. The molecular weight excluding hydrogens is 142 g/mol. The summed E-state index contributed by atoms with van der Waals surface area (Å²) in [5, 5.41) is 0. The second kappa shape index (κ2) is 3.14. The van der Waals surface area contributed by atoms with Gasteiger partial charge in [0.15, 0.2) is 0 Å². The summed E-state index contributed by atoms with van der Waals surface area (Å²) in [7, 11) is 4.33. The van der Waals surface area contributed by atoms with E-state index < -0.39 is 0 Å². The number of thioether (sulfide) groups is 1. The molecule has 0 spiro atoms. The van der Waals surface area contributed by atoms with E-state index in [9.17, 15) is 0 Å². The van der Waals surface area contributed by atoms with Gasteiger partial charge in [-0.3, -0.25) is 0 Å². The van der Waals surface area contributed by atoms with Gasteiger partial charge in [0.1, 0.15) is 0 Å². The molecule has 1 aliphatic rings. The summed E-state index contributed by atoms with van der Waals surface area (Å²) < 4.78 is 0. The Balaban J connectivity index is 2.23. The largest absolute Gasteiger partial charge is 0.309 e. The van der Waals surface area contributed by atoms with Gasteiger partial charge >= 0.3 is 0 Å². The van der Waals surface area contributed by atoms with Crippen molar-refractivity contribution in [3.63, 3.8) is 0 Å². The maximum atomic E-state index is 2.31. The van der Waals surface area contributed by atoms with Crippen molar-refractivity contribution in [1.29, 1.82) is 0 Å². The van der Waals surface area contributed by atoms with Crippen molar-refractivity contribution >= 4 is 11.8 Å². The van der Waals surface area contributed by atoms with Gasteiger partial charge < -0.3 is 4.90 Å². The summed E-state index contributed by atoms with van der Waals surface area (Å²) in [6.45, 7) is 1.29. The van der Waals surface area contributed by atoms with E-state index in [0.29, 0.717) is 5.41 Å². The number of hydrogen-bond donors (Lipinski definition) is 0. The van der Waals surface area contributed by atoms with Crippen LogP contribution in [0.3, 0.4) is 0 Å². The lowest BCUT2D eigenvalue weighted by Gasteiger charge is -2.18. The molecule has 2 heteroatoms. The van der Waals surface area contributed by atoms with E-state index in [-0.39, 0.29) is 0 Å². The van der Waals surface area contributed by atoms with Crippen LogP contribution in [0.4, 0.5) is 0 Å². The first-order chi connectivity index (χ1) is 4.68. The Hall–Kier alpha value is 0.310. The van der Waals surface area contributed by atoms with Crippen molar-refractivity contribution in [3.8, 4) is 0 Å². The van der Waals surface area contributed by atoms with Gasteiger partial charge in [-0.25, -0.2) is 0 Å². The van der Waals surface area contributed by atoms with Crippen LogP contribution < -0.4 is 0 Å². The topological polar surface area (TPSA) is 3.24 Å². The van der Waals surface area contributed by atoms with E-state index in [2.05, 4.69) is 25.3 Å². The number of hydrogen-bond acceptors (Lipinski definition) is 2. The molecule has 1 fully saturated rings. The minimum Gasteiger partial charge on any atom is -0.309 e. The Labute approximate surface area is 68.2 Å². The zero-order valence-electron chi connectivity index (χ0n) is 7.18. The predicted molar refractivity (Wildman–Crippen MR) is 48.6 cm³/mol. The highest BCUT2D eigenvalue weighted by Crippen LogP contribution is 2.47.